The van der Waals surface area contributed by atoms with Crippen LogP contribution in [0.25, 0.3) is 4.85 Å². The van der Waals surface area contributed by atoms with Crippen molar-refractivity contribution in [3.8, 4) is 0 Å². The van der Waals surface area contributed by atoms with Gasteiger partial charge in [-0.25, -0.2) is 9.24 Å². The molecule has 7 rings (SSSR count). The van der Waals surface area contributed by atoms with Crippen molar-refractivity contribution in [3.05, 3.63) is 163 Å². The summed E-state index contributed by atoms with van der Waals surface area (Å²) >= 11 is 5.51. The minimum atomic E-state index is -4.42. The van der Waals surface area contributed by atoms with Gasteiger partial charge in [0.05, 0.1) is 46.9 Å². The van der Waals surface area contributed by atoms with E-state index < -0.39 is 34.7 Å². The molecule has 1 aliphatic rings. The van der Waals surface area contributed by atoms with E-state index in [9.17, 15) is 30.7 Å². The summed E-state index contributed by atoms with van der Waals surface area (Å²) in [6.07, 6.45) is -4.60. The van der Waals surface area contributed by atoms with Gasteiger partial charge in [-0.1, -0.05) is 220 Å². The number of hydrogen-bond donors (Lipinski definition) is 2. The molecular weight excluding hydrogens is 1090 g/mol. The molecule has 462 valence electrons. The standard InChI is InChI=1S/C12H15N.C11H12ClF3.C11H12F4.C10H18N2.C8H11N3.C8H13NO.C7H16/c1-12(2,3)11-10-7-5-4-6-9(10)8-13-11;1-10(2,3)7-4-5-9(12)8(6-7)11(13,14)15;1-10(2,3)8-6-7(11(13,14)15)4-5-9(8)12;1-7(2)8-6-9(12-11-8)10(3,4)5;1-8(2,3)7-6(9-4)5-10-11-7;1-6-5-7(9-10-6)8(2,3)4;1-5-6-7(2,3)4/h4-7H,8H2,1-3H3;2*4-6H,1-3H3;6-7H,1-5H3,(H,11,12);5H,1-3H3,(H,10,11);5H,1-4H3;5-6H2,1-4H3. The third-order valence-electron chi connectivity index (χ3n) is 12.5. The maximum atomic E-state index is 13.3. The summed E-state index contributed by atoms with van der Waals surface area (Å²) in [5.74, 6) is 0.814. The molecule has 3 aromatic heterocycles. The van der Waals surface area contributed by atoms with Crippen LogP contribution in [0.2, 0.25) is 5.02 Å². The van der Waals surface area contributed by atoms with Crippen LogP contribution in [-0.4, -0.2) is 31.3 Å². The lowest BCUT2D eigenvalue weighted by atomic mass is 9.85. The molecule has 0 atom stereocenters. The highest BCUT2D eigenvalue weighted by Gasteiger charge is 2.35. The van der Waals surface area contributed by atoms with Gasteiger partial charge in [-0.3, -0.25) is 15.2 Å². The van der Waals surface area contributed by atoms with Gasteiger partial charge in [0.1, 0.15) is 11.6 Å². The summed E-state index contributed by atoms with van der Waals surface area (Å²) in [4.78, 5) is 7.94. The molecule has 0 aliphatic carbocycles. The predicted molar refractivity (Wildman–Crippen MR) is 331 cm³/mol. The number of halogens is 8. The molecule has 0 unspecified atom stereocenters. The van der Waals surface area contributed by atoms with Crippen LogP contribution >= 0.6 is 11.6 Å². The number of benzene rings is 3. The van der Waals surface area contributed by atoms with Crippen LogP contribution in [0.1, 0.15) is 247 Å². The third kappa shape index (κ3) is 26.4. The lowest BCUT2D eigenvalue weighted by Crippen LogP contribution is -2.19. The number of aromatic nitrogens is 5. The smallest absolute Gasteiger partial charge is 0.361 e. The number of fused-ring (bicyclic) bond motifs is 1. The van der Waals surface area contributed by atoms with Gasteiger partial charge in [0, 0.05) is 45.0 Å². The summed E-state index contributed by atoms with van der Waals surface area (Å²) in [5, 5.41) is 17.7. The highest BCUT2D eigenvalue weighted by atomic mass is 35.5. The minimum absolute atomic E-state index is 0.0175. The molecule has 0 saturated carbocycles. The zero-order valence-electron chi connectivity index (χ0n) is 54.4. The first-order chi connectivity index (χ1) is 37.4. The quantitative estimate of drug-likeness (QED) is 0.133. The monoisotopic (exact) mass is 1180 g/mol. The average Bonchev–Trinajstić information content (AvgIpc) is 4.35. The van der Waals surface area contributed by atoms with Crippen molar-refractivity contribution in [1.82, 2.24) is 25.6 Å². The highest BCUT2D eigenvalue weighted by Crippen LogP contribution is 2.38. The van der Waals surface area contributed by atoms with Crippen molar-refractivity contribution < 1.29 is 35.3 Å². The van der Waals surface area contributed by atoms with E-state index in [1.54, 1.807) is 33.0 Å². The topological polar surface area (TPSA) is 100 Å². The molecule has 0 spiro atoms. The van der Waals surface area contributed by atoms with Gasteiger partial charge in [-0.15, -0.1) is 0 Å². The second-order valence-corrected chi connectivity index (χ2v) is 28.9. The van der Waals surface area contributed by atoms with Crippen molar-refractivity contribution >= 4 is 23.0 Å². The molecule has 8 nitrogen and oxygen atoms in total. The Kier molecular flexibility index (Phi) is 27.1. The van der Waals surface area contributed by atoms with E-state index in [0.717, 1.165) is 53.7 Å². The fourth-order valence-electron chi connectivity index (χ4n) is 7.67. The van der Waals surface area contributed by atoms with Gasteiger partial charge in [0.25, 0.3) is 0 Å². The molecule has 16 heteroatoms. The second-order valence-electron chi connectivity index (χ2n) is 28.4. The number of nitrogens with zero attached hydrogens (tertiary/aromatic N) is 5. The lowest BCUT2D eigenvalue weighted by molar-refractivity contribution is -0.138. The van der Waals surface area contributed by atoms with Crippen LogP contribution in [0, 0.1) is 30.1 Å². The predicted octanol–water partition coefficient (Wildman–Crippen LogP) is 22.0. The Hall–Kier alpha value is -5.75. The van der Waals surface area contributed by atoms with Crippen LogP contribution in [0.5, 0.6) is 0 Å². The van der Waals surface area contributed by atoms with Gasteiger partial charge in [-0.05, 0) is 94.0 Å². The zero-order valence-corrected chi connectivity index (χ0v) is 55.1. The van der Waals surface area contributed by atoms with Crippen molar-refractivity contribution in [2.24, 2.45) is 15.8 Å². The third-order valence-corrected chi connectivity index (χ3v) is 12.8. The molecule has 4 heterocycles. The van der Waals surface area contributed by atoms with Gasteiger partial charge in [-0.2, -0.15) is 36.5 Å². The van der Waals surface area contributed by atoms with E-state index >= 15 is 0 Å². The molecule has 0 saturated heterocycles. The summed E-state index contributed by atoms with van der Waals surface area (Å²) < 4.78 is 92.9. The molecular formula is C67H97ClF7N7O. The molecule has 0 fully saturated rings. The van der Waals surface area contributed by atoms with Gasteiger partial charge < -0.3 is 4.52 Å². The van der Waals surface area contributed by atoms with Crippen LogP contribution in [0.15, 0.2) is 88.5 Å². The summed E-state index contributed by atoms with van der Waals surface area (Å²) in [5.41, 5.74) is 8.03. The Balaban J connectivity index is 0.000000489. The molecule has 2 N–H and O–H groups in total. The van der Waals surface area contributed by atoms with Gasteiger partial charge >= 0.3 is 12.4 Å². The number of nitrogens with one attached hydrogen (secondary N) is 2. The van der Waals surface area contributed by atoms with E-state index in [2.05, 4.69) is 190 Å². The first kappa shape index (κ1) is 75.3. The number of hydrogen-bond acceptors (Lipinski definition) is 5. The Morgan fingerprint density at radius 3 is 1.53 bits per heavy atom. The maximum absolute atomic E-state index is 13.3. The number of alkyl halides is 6. The molecule has 3 aromatic carbocycles. The molecule has 0 amide bonds. The highest BCUT2D eigenvalue weighted by molar-refractivity contribution is 6.31. The average molecular weight is 1180 g/mol. The normalized spacial score (nSPS) is 12.9. The van der Waals surface area contributed by atoms with Crippen LogP contribution in [0.4, 0.5) is 36.4 Å². The summed E-state index contributed by atoms with van der Waals surface area (Å²) in [6, 6.07) is 19.2. The molecule has 0 bridgehead atoms. The van der Waals surface area contributed by atoms with Crippen molar-refractivity contribution in [1.29, 1.82) is 0 Å². The van der Waals surface area contributed by atoms with Crippen LogP contribution in [0.3, 0.4) is 0 Å². The fraction of sp³-hybridized carbons (Fsp3) is 0.567. The summed E-state index contributed by atoms with van der Waals surface area (Å²) in [7, 11) is 0. The molecule has 0 radical (unpaired) electrons. The van der Waals surface area contributed by atoms with Crippen molar-refractivity contribution in [2.75, 3.05) is 0 Å². The first-order valence-corrected chi connectivity index (χ1v) is 28.5. The molecule has 83 heavy (non-hydrogen) atoms. The molecule has 6 aromatic rings. The van der Waals surface area contributed by atoms with Crippen LogP contribution in [-0.2, 0) is 46.0 Å². The van der Waals surface area contributed by atoms with Gasteiger partial charge in [0.15, 0.2) is 0 Å². The van der Waals surface area contributed by atoms with Gasteiger partial charge in [0.2, 0.25) is 5.69 Å². The largest absolute Gasteiger partial charge is 0.417 e. The Morgan fingerprint density at radius 2 is 1.17 bits per heavy atom. The van der Waals surface area contributed by atoms with Crippen molar-refractivity contribution in [3.63, 3.8) is 0 Å². The van der Waals surface area contributed by atoms with E-state index in [0.29, 0.717) is 22.6 Å². The van der Waals surface area contributed by atoms with E-state index in [1.807, 2.05) is 33.8 Å². The van der Waals surface area contributed by atoms with Crippen molar-refractivity contribution in [2.45, 2.75) is 238 Å². The Labute approximate surface area is 498 Å². The SMILES string of the molecule is CC(C)(C)C1=NCc2ccccc21.CC(C)(C)c1cc(C(F)(F)F)ccc1F.CC(C)(C)c1ccc(Cl)c(C(F)(F)F)c1.CC(C)c1cc(C(C)(C)C)n[nH]1.CCCC(C)(C)C.Cc1cc(C(C)(C)C)no1.[C-]#[N+]c1cn[nH]c1C(C)(C)C. The number of rotatable bonds is 2. The van der Waals surface area contributed by atoms with E-state index in [-0.39, 0.29) is 37.7 Å². The number of aromatic amines is 2. The van der Waals surface area contributed by atoms with Crippen LogP contribution < -0.4 is 0 Å². The molecule has 1 aliphatic heterocycles. The van der Waals surface area contributed by atoms with E-state index in [4.69, 9.17) is 22.7 Å². The minimum Gasteiger partial charge on any atom is -0.361 e. The Bertz CT molecular complexity index is 2920. The first-order valence-electron chi connectivity index (χ1n) is 28.1. The zero-order chi connectivity index (χ0) is 64.7. The second kappa shape index (κ2) is 29.9. The van der Waals surface area contributed by atoms with E-state index in [1.165, 1.54) is 41.4 Å². The number of aryl methyl sites for hydroxylation is 1. The maximum Gasteiger partial charge on any atom is 0.417 e. The fourth-order valence-corrected chi connectivity index (χ4v) is 7.89. The lowest BCUT2D eigenvalue weighted by Gasteiger charge is -2.21. The summed E-state index contributed by atoms with van der Waals surface area (Å²) in [6.45, 7) is 59.3. The number of H-pyrrole nitrogens is 2. The number of aliphatic imine (C=N–C) groups is 1. The Morgan fingerprint density at radius 1 is 0.627 bits per heavy atom.